The molecule has 2 rings (SSSR count). The fourth-order valence-corrected chi connectivity index (χ4v) is 3.34. The highest BCUT2D eigenvalue weighted by molar-refractivity contribution is 9.10. The quantitative estimate of drug-likeness (QED) is 0.743. The molecule has 1 N–H and O–H groups in total. The zero-order valence-corrected chi connectivity index (χ0v) is 13.2. The normalized spacial score (nSPS) is 10.6. The van der Waals surface area contributed by atoms with Gasteiger partial charge in [0.2, 0.25) is 0 Å². The van der Waals surface area contributed by atoms with Gasteiger partial charge in [0.05, 0.1) is 5.56 Å². The van der Waals surface area contributed by atoms with Crippen LogP contribution >= 0.6 is 39.3 Å². The Morgan fingerprint density at radius 3 is 2.70 bits per heavy atom. The van der Waals surface area contributed by atoms with Crippen LogP contribution in [0.15, 0.2) is 45.8 Å². The lowest BCUT2D eigenvalue weighted by molar-refractivity contribution is 0.0696. The lowest BCUT2D eigenvalue weighted by Crippen LogP contribution is -1.97. The highest BCUT2D eigenvalue weighted by atomic mass is 79.9. The Labute approximate surface area is 133 Å². The minimum atomic E-state index is -1.08. The maximum absolute atomic E-state index is 13.6. The summed E-state index contributed by atoms with van der Waals surface area (Å²) in [4.78, 5) is 11.2. The van der Waals surface area contributed by atoms with Crippen LogP contribution in [0.3, 0.4) is 0 Å². The fraction of sp³-hybridized carbons (Fsp3) is 0.0714. The molecule has 20 heavy (non-hydrogen) atoms. The molecular formula is C14H9BrClFO2S. The monoisotopic (exact) mass is 374 g/mol. The van der Waals surface area contributed by atoms with Gasteiger partial charge in [-0.15, -0.1) is 11.8 Å². The van der Waals surface area contributed by atoms with E-state index >= 15 is 0 Å². The van der Waals surface area contributed by atoms with Gasteiger partial charge in [-0.3, -0.25) is 0 Å². The largest absolute Gasteiger partial charge is 0.478 e. The Morgan fingerprint density at radius 1 is 1.30 bits per heavy atom. The standard InChI is InChI=1S/C14H9BrClFO2S/c15-10-3-1-9(11(16)6-10)7-20-13-5-8(14(18)19)2-4-12(13)17/h1-6H,7H2,(H,18,19). The second-order valence-electron chi connectivity index (χ2n) is 3.97. The molecule has 0 aliphatic heterocycles. The van der Waals surface area contributed by atoms with Crippen molar-refractivity contribution < 1.29 is 14.3 Å². The topological polar surface area (TPSA) is 37.3 Å². The summed E-state index contributed by atoms with van der Waals surface area (Å²) in [5, 5.41) is 9.49. The molecule has 0 aromatic heterocycles. The summed E-state index contributed by atoms with van der Waals surface area (Å²) in [5.74, 6) is -1.05. The van der Waals surface area contributed by atoms with E-state index in [0.29, 0.717) is 15.7 Å². The number of rotatable bonds is 4. The highest BCUT2D eigenvalue weighted by Crippen LogP contribution is 2.30. The van der Waals surface area contributed by atoms with Gasteiger partial charge in [0, 0.05) is 20.1 Å². The van der Waals surface area contributed by atoms with Crippen molar-refractivity contribution in [2.24, 2.45) is 0 Å². The molecule has 0 spiro atoms. The van der Waals surface area contributed by atoms with Gasteiger partial charge < -0.3 is 5.11 Å². The van der Waals surface area contributed by atoms with E-state index < -0.39 is 11.8 Å². The third-order valence-electron chi connectivity index (χ3n) is 2.58. The molecule has 0 aliphatic rings. The second kappa shape index (κ2) is 6.61. The van der Waals surface area contributed by atoms with E-state index in [0.717, 1.165) is 16.1 Å². The maximum Gasteiger partial charge on any atom is 0.335 e. The Morgan fingerprint density at radius 2 is 2.05 bits per heavy atom. The van der Waals surface area contributed by atoms with Gasteiger partial charge in [0.25, 0.3) is 0 Å². The van der Waals surface area contributed by atoms with Crippen molar-refractivity contribution in [2.45, 2.75) is 10.6 Å². The smallest absolute Gasteiger partial charge is 0.335 e. The number of hydrogen-bond donors (Lipinski definition) is 1. The number of halogens is 3. The number of benzene rings is 2. The zero-order chi connectivity index (χ0) is 14.7. The Balaban J connectivity index is 2.18. The minimum absolute atomic E-state index is 0.0656. The van der Waals surface area contributed by atoms with Crippen molar-refractivity contribution in [3.05, 3.63) is 62.8 Å². The van der Waals surface area contributed by atoms with Crippen molar-refractivity contribution in [1.29, 1.82) is 0 Å². The van der Waals surface area contributed by atoms with Crippen LogP contribution in [0.5, 0.6) is 0 Å². The predicted octanol–water partition coefficient (Wildman–Crippen LogP) is 5.23. The van der Waals surface area contributed by atoms with Crippen molar-refractivity contribution in [3.63, 3.8) is 0 Å². The van der Waals surface area contributed by atoms with Crippen LogP contribution in [0.1, 0.15) is 15.9 Å². The van der Waals surface area contributed by atoms with Gasteiger partial charge in [-0.05, 0) is 35.9 Å². The van der Waals surface area contributed by atoms with Crippen LogP contribution in [0.25, 0.3) is 0 Å². The summed E-state index contributed by atoms with van der Waals surface area (Å²) in [7, 11) is 0. The summed E-state index contributed by atoms with van der Waals surface area (Å²) in [6.45, 7) is 0. The number of hydrogen-bond acceptors (Lipinski definition) is 2. The van der Waals surface area contributed by atoms with Crippen LogP contribution in [-0.4, -0.2) is 11.1 Å². The highest BCUT2D eigenvalue weighted by Gasteiger charge is 2.10. The first-order valence-corrected chi connectivity index (χ1v) is 7.72. The van der Waals surface area contributed by atoms with E-state index in [2.05, 4.69) is 15.9 Å². The third-order valence-corrected chi connectivity index (χ3v) is 4.50. The molecule has 0 bridgehead atoms. The summed E-state index contributed by atoms with van der Waals surface area (Å²) >= 11 is 10.6. The Kier molecular flexibility index (Phi) is 5.07. The van der Waals surface area contributed by atoms with Gasteiger partial charge in [-0.2, -0.15) is 0 Å². The molecule has 0 aliphatic carbocycles. The molecule has 2 aromatic rings. The number of carboxylic acids is 1. The van der Waals surface area contributed by atoms with Crippen LogP contribution in [-0.2, 0) is 5.75 Å². The Bertz CT molecular complexity index is 664. The lowest BCUT2D eigenvalue weighted by atomic mass is 10.2. The first-order chi connectivity index (χ1) is 9.47. The van der Waals surface area contributed by atoms with Crippen LogP contribution in [0.2, 0.25) is 5.02 Å². The van der Waals surface area contributed by atoms with Crippen LogP contribution in [0.4, 0.5) is 4.39 Å². The van der Waals surface area contributed by atoms with Gasteiger partial charge in [-0.25, -0.2) is 9.18 Å². The first-order valence-electron chi connectivity index (χ1n) is 5.57. The number of carboxylic acid groups (broad SMARTS) is 1. The van der Waals surface area contributed by atoms with Crippen molar-refractivity contribution in [2.75, 3.05) is 0 Å². The predicted molar refractivity (Wildman–Crippen MR) is 82.1 cm³/mol. The average Bonchev–Trinajstić information content (AvgIpc) is 2.39. The molecule has 0 heterocycles. The molecule has 0 atom stereocenters. The number of aromatic carboxylic acids is 1. The van der Waals surface area contributed by atoms with Gasteiger partial charge in [0.1, 0.15) is 5.82 Å². The van der Waals surface area contributed by atoms with Crippen LogP contribution in [0, 0.1) is 5.82 Å². The van der Waals surface area contributed by atoms with Gasteiger partial charge in [-0.1, -0.05) is 33.6 Å². The second-order valence-corrected chi connectivity index (χ2v) is 6.31. The van der Waals surface area contributed by atoms with Crippen molar-refractivity contribution in [3.8, 4) is 0 Å². The molecule has 0 saturated carbocycles. The first kappa shape index (κ1) is 15.4. The summed E-state index contributed by atoms with van der Waals surface area (Å²) < 4.78 is 14.5. The van der Waals surface area contributed by atoms with E-state index in [1.165, 1.54) is 23.9 Å². The zero-order valence-electron chi connectivity index (χ0n) is 10.1. The number of thioether (sulfide) groups is 1. The molecule has 0 unspecified atom stereocenters. The molecule has 6 heteroatoms. The molecule has 0 radical (unpaired) electrons. The van der Waals surface area contributed by atoms with Gasteiger partial charge >= 0.3 is 5.97 Å². The SMILES string of the molecule is O=C(O)c1ccc(F)c(SCc2ccc(Br)cc2Cl)c1. The number of carbonyl (C=O) groups is 1. The average molecular weight is 376 g/mol. The molecular weight excluding hydrogens is 367 g/mol. The molecule has 0 fully saturated rings. The van der Waals surface area contributed by atoms with Crippen molar-refractivity contribution in [1.82, 2.24) is 0 Å². The fourth-order valence-electron chi connectivity index (χ4n) is 1.54. The van der Waals surface area contributed by atoms with E-state index in [4.69, 9.17) is 16.7 Å². The van der Waals surface area contributed by atoms with Gasteiger partial charge in [0.15, 0.2) is 0 Å². The van der Waals surface area contributed by atoms with E-state index in [9.17, 15) is 9.18 Å². The third kappa shape index (κ3) is 3.75. The summed E-state index contributed by atoms with van der Waals surface area (Å²) in [6, 6.07) is 9.20. The molecule has 2 aromatic carbocycles. The molecule has 0 amide bonds. The van der Waals surface area contributed by atoms with E-state index in [1.807, 2.05) is 12.1 Å². The Hall–Kier alpha value is -1.04. The van der Waals surface area contributed by atoms with Crippen molar-refractivity contribution >= 4 is 45.3 Å². The molecule has 2 nitrogen and oxygen atoms in total. The molecule has 104 valence electrons. The summed E-state index contributed by atoms with van der Waals surface area (Å²) in [6.07, 6.45) is 0. The van der Waals surface area contributed by atoms with Crippen LogP contribution < -0.4 is 0 Å². The molecule has 0 saturated heterocycles. The van der Waals surface area contributed by atoms with E-state index in [1.54, 1.807) is 6.07 Å². The minimum Gasteiger partial charge on any atom is -0.478 e. The maximum atomic E-state index is 13.6. The lowest BCUT2D eigenvalue weighted by Gasteiger charge is -2.07. The van der Waals surface area contributed by atoms with E-state index in [-0.39, 0.29) is 5.56 Å². The summed E-state index contributed by atoms with van der Waals surface area (Å²) in [5.41, 5.74) is 0.927.